The summed E-state index contributed by atoms with van der Waals surface area (Å²) >= 11 is 0. The second-order valence-corrected chi connectivity index (χ2v) is 9.61. The third-order valence-electron chi connectivity index (χ3n) is 4.92. The third-order valence-corrected chi connectivity index (χ3v) is 7.28. The van der Waals surface area contributed by atoms with E-state index >= 15 is 0 Å². The molecule has 0 N–H and O–H groups in total. The van der Waals surface area contributed by atoms with Crippen molar-refractivity contribution in [1.82, 2.24) is 9.55 Å². The molecule has 0 bridgehead atoms. The van der Waals surface area contributed by atoms with Gasteiger partial charge in [0.25, 0.3) is 0 Å². The van der Waals surface area contributed by atoms with Gasteiger partial charge in [-0.15, -0.1) is 0 Å². The summed E-state index contributed by atoms with van der Waals surface area (Å²) in [6.07, 6.45) is 1.14. The molecule has 156 valence electrons. The number of rotatable bonds is 7. The molecule has 1 unspecified atom stereocenters. The molecule has 0 saturated heterocycles. The van der Waals surface area contributed by atoms with Crippen LogP contribution in [0.5, 0.6) is 11.5 Å². The Labute approximate surface area is 173 Å². The third kappa shape index (κ3) is 3.61. The first-order valence-electron chi connectivity index (χ1n) is 9.14. The summed E-state index contributed by atoms with van der Waals surface area (Å²) in [4.78, 5) is 13.8. The maximum Gasteiger partial charge on any atom is 0.383 e. The average molecular weight is 429 g/mol. The molecule has 1 aliphatic rings. The van der Waals surface area contributed by atoms with Crippen molar-refractivity contribution in [1.29, 1.82) is 0 Å². The summed E-state index contributed by atoms with van der Waals surface area (Å²) in [5.41, 5.74) is 1.05. The number of imidazole rings is 1. The van der Waals surface area contributed by atoms with Gasteiger partial charge in [0.2, 0.25) is 9.84 Å². The van der Waals surface area contributed by atoms with Gasteiger partial charge in [-0.1, -0.05) is 30.3 Å². The minimum absolute atomic E-state index is 0.0315. The Morgan fingerprint density at radius 3 is 2.33 bits per heavy atom. The Morgan fingerprint density at radius 2 is 1.73 bits per heavy atom. The van der Waals surface area contributed by atoms with Gasteiger partial charge in [0.1, 0.15) is 35.7 Å². The van der Waals surface area contributed by atoms with E-state index in [0.717, 1.165) is 11.8 Å². The van der Waals surface area contributed by atoms with Crippen molar-refractivity contribution in [2.75, 3.05) is 6.61 Å². The fraction of sp³-hybridized carbons (Fsp3) is 0.250. The van der Waals surface area contributed by atoms with E-state index < -0.39 is 25.3 Å². The molecule has 9 nitrogen and oxygen atoms in total. The highest BCUT2D eigenvalue weighted by atomic mass is 32.2. The van der Waals surface area contributed by atoms with Gasteiger partial charge in [-0.25, -0.2) is 8.42 Å². The van der Waals surface area contributed by atoms with E-state index in [1.165, 1.54) is 4.57 Å². The molecule has 4 rings (SSSR count). The molecule has 0 spiro atoms. The minimum atomic E-state index is -3.88. The Morgan fingerprint density at radius 1 is 1.10 bits per heavy atom. The van der Waals surface area contributed by atoms with E-state index in [-0.39, 0.29) is 18.3 Å². The van der Waals surface area contributed by atoms with E-state index in [1.807, 2.05) is 30.3 Å². The van der Waals surface area contributed by atoms with Crippen LogP contribution in [-0.4, -0.2) is 34.2 Å². The van der Waals surface area contributed by atoms with Gasteiger partial charge in [0.05, 0.1) is 6.54 Å². The smallest absolute Gasteiger partial charge is 0.383 e. The van der Waals surface area contributed by atoms with Crippen LogP contribution in [0.15, 0.2) is 66.0 Å². The topological polar surface area (TPSA) is 114 Å². The molecule has 0 aliphatic carbocycles. The van der Waals surface area contributed by atoms with E-state index in [1.54, 1.807) is 31.2 Å². The first-order valence-corrected chi connectivity index (χ1v) is 10.6. The first-order chi connectivity index (χ1) is 14.3. The highest BCUT2D eigenvalue weighted by Crippen LogP contribution is 2.36. The molecule has 0 fully saturated rings. The van der Waals surface area contributed by atoms with Crippen molar-refractivity contribution < 1.29 is 22.8 Å². The van der Waals surface area contributed by atoms with Gasteiger partial charge in [0, 0.05) is 0 Å². The summed E-state index contributed by atoms with van der Waals surface area (Å²) in [7, 11) is -3.88. The van der Waals surface area contributed by atoms with Crippen LogP contribution in [0.25, 0.3) is 0 Å². The van der Waals surface area contributed by atoms with Gasteiger partial charge >= 0.3 is 11.0 Å². The van der Waals surface area contributed by atoms with Gasteiger partial charge < -0.3 is 19.6 Å². The van der Waals surface area contributed by atoms with Crippen LogP contribution in [-0.2, 0) is 23.0 Å². The lowest BCUT2D eigenvalue weighted by molar-refractivity contribution is -0.389. The summed E-state index contributed by atoms with van der Waals surface area (Å²) in [5, 5.41) is 10.5. The van der Waals surface area contributed by atoms with Gasteiger partial charge in [0.15, 0.2) is 0 Å². The van der Waals surface area contributed by atoms with E-state index in [2.05, 4.69) is 4.98 Å². The molecule has 1 aliphatic heterocycles. The zero-order valence-electron chi connectivity index (χ0n) is 16.1. The fourth-order valence-electron chi connectivity index (χ4n) is 3.20. The predicted molar refractivity (Wildman–Crippen MR) is 107 cm³/mol. The number of nitro groups is 1. The summed E-state index contributed by atoms with van der Waals surface area (Å²) in [5.74, 6) is 0.676. The zero-order chi connectivity index (χ0) is 21.4. The molecule has 2 aromatic carbocycles. The number of sulfone groups is 1. The largest absolute Gasteiger partial charge is 0.492 e. The normalized spacial score (nSPS) is 19.2. The molecule has 3 aromatic rings. The van der Waals surface area contributed by atoms with Crippen LogP contribution in [0, 0.1) is 10.1 Å². The molecule has 1 aromatic heterocycles. The quantitative estimate of drug-likeness (QED) is 0.419. The van der Waals surface area contributed by atoms with Crippen LogP contribution in [0.4, 0.5) is 5.82 Å². The van der Waals surface area contributed by atoms with Crippen LogP contribution < -0.4 is 9.47 Å². The lowest BCUT2D eigenvalue weighted by atomic mass is 10.2. The second kappa shape index (κ2) is 7.45. The van der Waals surface area contributed by atoms with E-state index in [4.69, 9.17) is 9.47 Å². The predicted octanol–water partition coefficient (Wildman–Crippen LogP) is 3.00. The average Bonchev–Trinajstić information content (AvgIpc) is 3.23. The highest BCUT2D eigenvalue weighted by Gasteiger charge is 2.53. The van der Waals surface area contributed by atoms with Crippen LogP contribution in [0.3, 0.4) is 0 Å². The molecule has 0 saturated carbocycles. The highest BCUT2D eigenvalue weighted by molar-refractivity contribution is 7.92. The molecule has 30 heavy (non-hydrogen) atoms. The Hall–Kier alpha value is -3.40. The van der Waals surface area contributed by atoms with Crippen LogP contribution in [0.2, 0.25) is 0 Å². The molecule has 2 heterocycles. The van der Waals surface area contributed by atoms with Crippen molar-refractivity contribution in [2.24, 2.45) is 0 Å². The number of fused-ring (bicyclic) bond motifs is 1. The van der Waals surface area contributed by atoms with E-state index in [0.29, 0.717) is 18.1 Å². The number of nitrogens with zero attached hydrogens (tertiary/aromatic N) is 3. The number of hydrogen-bond acceptors (Lipinski definition) is 7. The SMILES string of the molecule is CC1(COc2ccc(OCc3ccccc3)cc2)Cn2cc([N+](=O)[O-])nc2S1(=O)=O. The first kappa shape index (κ1) is 19.9. The summed E-state index contributed by atoms with van der Waals surface area (Å²) < 4.78 is 37.1. The number of ether oxygens (including phenoxy) is 2. The minimum Gasteiger partial charge on any atom is -0.492 e. The van der Waals surface area contributed by atoms with Crippen LogP contribution in [0.1, 0.15) is 12.5 Å². The van der Waals surface area contributed by atoms with Crippen molar-refractivity contribution >= 4 is 15.7 Å². The number of benzene rings is 2. The van der Waals surface area contributed by atoms with E-state index in [9.17, 15) is 18.5 Å². The Bertz CT molecular complexity index is 1180. The Balaban J connectivity index is 1.39. The Kier molecular flexibility index (Phi) is 4.94. The maximum absolute atomic E-state index is 12.8. The fourth-order valence-corrected chi connectivity index (χ4v) is 4.80. The maximum atomic E-state index is 12.8. The standard InChI is InChI=1S/C20H19N3O6S/c1-20(13-22-11-18(23(24)25)21-19(22)30(20,26)27)14-29-17-9-7-16(8-10-17)28-12-15-5-3-2-4-6-15/h2-11H,12-14H2,1H3. The van der Waals surface area contributed by atoms with Gasteiger partial charge in [-0.2, -0.15) is 0 Å². The molecular weight excluding hydrogens is 410 g/mol. The summed E-state index contributed by atoms with van der Waals surface area (Å²) in [6.45, 7) is 1.90. The zero-order valence-corrected chi connectivity index (χ0v) is 16.9. The monoisotopic (exact) mass is 429 g/mol. The second-order valence-electron chi connectivity index (χ2n) is 7.25. The van der Waals surface area contributed by atoms with Crippen molar-refractivity contribution in [3.63, 3.8) is 0 Å². The lowest BCUT2D eigenvalue weighted by Crippen LogP contribution is -2.39. The number of aromatic nitrogens is 2. The molecule has 0 amide bonds. The molecule has 0 radical (unpaired) electrons. The molecular formula is C20H19N3O6S. The van der Waals surface area contributed by atoms with Crippen LogP contribution >= 0.6 is 0 Å². The van der Waals surface area contributed by atoms with Crippen molar-refractivity contribution in [2.45, 2.75) is 30.0 Å². The molecule has 1 atom stereocenters. The van der Waals surface area contributed by atoms with Gasteiger partial charge in [-0.05, 0) is 46.7 Å². The van der Waals surface area contributed by atoms with Crippen molar-refractivity contribution in [3.8, 4) is 11.5 Å². The van der Waals surface area contributed by atoms with Gasteiger partial charge in [-0.3, -0.25) is 4.57 Å². The summed E-state index contributed by atoms with van der Waals surface area (Å²) in [6, 6.07) is 16.7. The lowest BCUT2D eigenvalue weighted by Gasteiger charge is -2.21. The molecule has 10 heteroatoms. The number of hydrogen-bond donors (Lipinski definition) is 0. The van der Waals surface area contributed by atoms with Crippen molar-refractivity contribution in [3.05, 3.63) is 76.5 Å².